The van der Waals surface area contributed by atoms with E-state index in [9.17, 15) is 9.32 Å². The molecule has 7 heteroatoms. The van der Waals surface area contributed by atoms with Gasteiger partial charge in [0.1, 0.15) is 23.2 Å². The number of phenols is 1. The lowest BCUT2D eigenvalue weighted by molar-refractivity contribution is -0.170. The lowest BCUT2D eigenvalue weighted by Crippen LogP contribution is -2.71. The molecule has 198 valence electrons. The van der Waals surface area contributed by atoms with Gasteiger partial charge in [0.25, 0.3) is 0 Å². The first-order chi connectivity index (χ1) is 17.8. The third kappa shape index (κ3) is 3.57. The van der Waals surface area contributed by atoms with Crippen molar-refractivity contribution < 1.29 is 18.8 Å². The normalized spacial score (nSPS) is 36.6. The highest BCUT2D eigenvalue weighted by atomic mass is 32.2. The Morgan fingerprint density at radius 2 is 2.00 bits per heavy atom. The predicted octanol–water partition coefficient (Wildman–Crippen LogP) is 4.09. The summed E-state index contributed by atoms with van der Waals surface area (Å²) in [7, 11) is 0.486. The highest BCUT2D eigenvalue weighted by Crippen LogP contribution is 2.66. The van der Waals surface area contributed by atoms with Gasteiger partial charge in [0.05, 0.1) is 4.90 Å². The maximum Gasteiger partial charge on any atom is 0.165 e. The Bertz CT molecular complexity index is 1250. The zero-order valence-electron chi connectivity index (χ0n) is 22.0. The van der Waals surface area contributed by atoms with Gasteiger partial charge in [-0.25, -0.2) is 8.93 Å². The van der Waals surface area contributed by atoms with Crippen LogP contribution in [0.5, 0.6) is 11.5 Å². The van der Waals surface area contributed by atoms with Crippen molar-refractivity contribution in [3.05, 3.63) is 53.1 Å². The Balaban J connectivity index is 1.25. The minimum absolute atomic E-state index is 0.136. The van der Waals surface area contributed by atoms with E-state index in [0.717, 1.165) is 42.2 Å². The third-order valence-electron chi connectivity index (χ3n) is 10.2. The molecule has 7 rings (SSSR count). The fourth-order valence-electron chi connectivity index (χ4n) is 8.27. The van der Waals surface area contributed by atoms with Crippen LogP contribution in [0.25, 0.3) is 0 Å². The Hall–Kier alpha value is -1.93. The number of likely N-dealkylation sites (tertiary alicyclic amines) is 1. The summed E-state index contributed by atoms with van der Waals surface area (Å²) in [6, 6.07) is 12.3. The van der Waals surface area contributed by atoms with Gasteiger partial charge in [-0.05, 0) is 81.2 Å². The number of aryl methyl sites for hydroxylation is 1. The van der Waals surface area contributed by atoms with Gasteiger partial charge in [0.2, 0.25) is 0 Å². The van der Waals surface area contributed by atoms with E-state index in [4.69, 9.17) is 9.47 Å². The molecule has 1 saturated heterocycles. The van der Waals surface area contributed by atoms with Crippen molar-refractivity contribution >= 4 is 11.0 Å². The molecule has 0 amide bonds. The van der Waals surface area contributed by atoms with Crippen LogP contribution in [-0.2, 0) is 27.6 Å². The number of aromatic hydroxyl groups is 1. The van der Waals surface area contributed by atoms with E-state index >= 15 is 0 Å². The first kappa shape index (κ1) is 24.1. The molecule has 2 N–H and O–H groups in total. The van der Waals surface area contributed by atoms with Crippen LogP contribution in [0.2, 0.25) is 0 Å². The third-order valence-corrected chi connectivity index (χ3v) is 11.3. The molecule has 3 fully saturated rings. The van der Waals surface area contributed by atoms with Gasteiger partial charge in [-0.3, -0.25) is 4.90 Å². The van der Waals surface area contributed by atoms with Crippen LogP contribution in [-0.4, -0.2) is 59.2 Å². The Labute approximate surface area is 222 Å². The molecule has 0 aromatic heterocycles. The molecule has 1 spiro atoms. The molecule has 7 unspecified atom stereocenters. The van der Waals surface area contributed by atoms with Crippen molar-refractivity contribution in [2.75, 3.05) is 26.7 Å². The lowest BCUT2D eigenvalue weighted by atomic mass is 9.47. The topological polar surface area (TPSA) is 71.0 Å². The fraction of sp³-hybridized carbons (Fsp3) is 0.600. The van der Waals surface area contributed by atoms with Crippen LogP contribution in [0.4, 0.5) is 0 Å². The molecule has 2 aromatic carbocycles. The lowest BCUT2D eigenvalue weighted by Gasteiger charge is -2.63. The second-order valence-electron chi connectivity index (χ2n) is 12.5. The number of rotatable bonds is 7. The number of piperidine rings is 1. The minimum Gasteiger partial charge on any atom is -0.504 e. The van der Waals surface area contributed by atoms with Gasteiger partial charge in [0, 0.05) is 42.6 Å². The van der Waals surface area contributed by atoms with Crippen LogP contribution in [0.15, 0.2) is 41.3 Å². The van der Waals surface area contributed by atoms with Gasteiger partial charge in [-0.2, -0.15) is 0 Å². The Kier molecular flexibility index (Phi) is 5.57. The second kappa shape index (κ2) is 8.54. The molecular weight excluding hydrogens is 484 g/mol. The monoisotopic (exact) mass is 522 g/mol. The van der Waals surface area contributed by atoms with Gasteiger partial charge >= 0.3 is 0 Å². The van der Waals surface area contributed by atoms with Crippen LogP contribution < -0.4 is 9.46 Å². The number of nitrogens with one attached hydrogen (secondary N) is 1. The van der Waals surface area contributed by atoms with E-state index in [1.807, 2.05) is 37.3 Å². The van der Waals surface area contributed by atoms with E-state index in [2.05, 4.69) is 22.6 Å². The fourth-order valence-corrected chi connectivity index (χ4v) is 9.28. The number of hydrogen-bond acceptors (Lipinski definition) is 5. The molecule has 2 bridgehead atoms. The van der Waals surface area contributed by atoms with Crippen molar-refractivity contribution in [1.29, 1.82) is 0 Å². The molecule has 6 nitrogen and oxygen atoms in total. The Morgan fingerprint density at radius 1 is 1.22 bits per heavy atom. The number of phenolic OH excluding ortho intramolecular Hbond substituents is 1. The van der Waals surface area contributed by atoms with Gasteiger partial charge < -0.3 is 14.6 Å². The van der Waals surface area contributed by atoms with Gasteiger partial charge in [0.15, 0.2) is 11.5 Å². The zero-order valence-corrected chi connectivity index (χ0v) is 22.9. The summed E-state index contributed by atoms with van der Waals surface area (Å²) >= 11 is 0. The molecular formula is C30H38N2O4S. The average molecular weight is 523 g/mol. The molecule has 7 atom stereocenters. The van der Waals surface area contributed by atoms with Crippen LogP contribution in [0, 0.1) is 24.2 Å². The number of benzene rings is 2. The summed E-state index contributed by atoms with van der Waals surface area (Å²) in [4.78, 5) is 3.56. The quantitative estimate of drug-likeness (QED) is 0.573. The molecule has 37 heavy (non-hydrogen) atoms. The number of ether oxygens (including phenoxy) is 2. The van der Waals surface area contributed by atoms with E-state index in [0.29, 0.717) is 24.3 Å². The molecule has 5 aliphatic rings. The van der Waals surface area contributed by atoms with E-state index in [-0.39, 0.29) is 28.8 Å². The SMILES string of the molecule is COC1C2Oc3c(O)ccc4c3C23CCN(CC2CC2)C(C4)C3CC1(C)CNS(=O)c1ccc(C)cc1. The first-order valence-electron chi connectivity index (χ1n) is 13.8. The van der Waals surface area contributed by atoms with Crippen LogP contribution in [0.1, 0.15) is 49.3 Å². The van der Waals surface area contributed by atoms with Crippen molar-refractivity contribution in [2.24, 2.45) is 17.3 Å². The summed E-state index contributed by atoms with van der Waals surface area (Å²) in [5.41, 5.74) is 3.34. The molecule has 2 heterocycles. The van der Waals surface area contributed by atoms with E-state index < -0.39 is 11.0 Å². The van der Waals surface area contributed by atoms with Crippen molar-refractivity contribution in [2.45, 2.75) is 74.5 Å². The summed E-state index contributed by atoms with van der Waals surface area (Å²) in [5, 5.41) is 10.9. The molecule has 2 aromatic rings. The highest BCUT2D eigenvalue weighted by Gasteiger charge is 2.70. The molecule has 0 radical (unpaired) electrons. The Morgan fingerprint density at radius 3 is 2.73 bits per heavy atom. The van der Waals surface area contributed by atoms with Crippen molar-refractivity contribution in [3.8, 4) is 11.5 Å². The van der Waals surface area contributed by atoms with Crippen molar-refractivity contribution in [1.82, 2.24) is 9.62 Å². The first-order valence-corrected chi connectivity index (χ1v) is 15.0. The molecule has 2 aliphatic heterocycles. The highest BCUT2D eigenvalue weighted by molar-refractivity contribution is 7.83. The van der Waals surface area contributed by atoms with Crippen LogP contribution in [0.3, 0.4) is 0 Å². The van der Waals surface area contributed by atoms with Crippen molar-refractivity contribution in [3.63, 3.8) is 0 Å². The van der Waals surface area contributed by atoms with Gasteiger partial charge in [-0.15, -0.1) is 0 Å². The summed E-state index contributed by atoms with van der Waals surface area (Å²) < 4.78 is 29.6. The smallest absolute Gasteiger partial charge is 0.165 e. The maximum absolute atomic E-state index is 13.2. The largest absolute Gasteiger partial charge is 0.504 e. The molecule has 3 aliphatic carbocycles. The summed E-state index contributed by atoms with van der Waals surface area (Å²) in [5.74, 6) is 2.19. The average Bonchev–Trinajstić information content (AvgIpc) is 3.64. The number of methoxy groups -OCH3 is 1. The summed E-state index contributed by atoms with van der Waals surface area (Å²) in [6.07, 6.45) is 5.39. The molecule has 2 saturated carbocycles. The van der Waals surface area contributed by atoms with Crippen LogP contribution >= 0.6 is 0 Å². The second-order valence-corrected chi connectivity index (χ2v) is 13.8. The minimum atomic E-state index is -1.30. The van der Waals surface area contributed by atoms with E-state index in [1.165, 1.54) is 30.5 Å². The summed E-state index contributed by atoms with van der Waals surface area (Å²) in [6.45, 7) is 7.16. The van der Waals surface area contributed by atoms with Gasteiger partial charge in [-0.1, -0.05) is 30.7 Å². The standard InChI is InChI=1S/C30H38N2O4S/c1-18-4-9-21(10-5-18)37(34)31-17-29(2)15-22-23-14-20-8-11-24(33)26-25(20)30(22,28(36-26)27(29)35-3)12-13-32(23)16-19-6-7-19/h4-5,8-11,19,22-23,27-28,31,33H,6-7,12-17H2,1-3H3. The van der Waals surface area contributed by atoms with E-state index in [1.54, 1.807) is 7.11 Å². The number of nitrogens with zero attached hydrogens (tertiary/aromatic N) is 1. The maximum atomic E-state index is 13.2. The predicted molar refractivity (Wildman–Crippen MR) is 143 cm³/mol. The zero-order chi connectivity index (χ0) is 25.5. The number of hydrogen-bond donors (Lipinski definition) is 2.